The highest BCUT2D eigenvalue weighted by molar-refractivity contribution is 5.91. The number of aliphatic hydroxyl groups is 1. The van der Waals surface area contributed by atoms with Crippen molar-refractivity contribution >= 4 is 5.91 Å². The molecule has 0 bridgehead atoms. The van der Waals surface area contributed by atoms with Crippen LogP contribution in [-0.2, 0) is 27.5 Å². The summed E-state index contributed by atoms with van der Waals surface area (Å²) in [6, 6.07) is 7.54. The molecule has 0 radical (unpaired) electrons. The molecule has 0 aliphatic carbocycles. The molecule has 0 unspecified atom stereocenters. The van der Waals surface area contributed by atoms with E-state index in [1.807, 2.05) is 37.3 Å². The molecular weight excluding hydrogens is 270 g/mol. The van der Waals surface area contributed by atoms with Crippen LogP contribution in [0.15, 0.2) is 36.1 Å². The van der Waals surface area contributed by atoms with Gasteiger partial charge in [0.25, 0.3) is 5.91 Å². The zero-order valence-electron chi connectivity index (χ0n) is 12.3. The summed E-state index contributed by atoms with van der Waals surface area (Å²) in [5.74, 6) is 0.312. The number of hydrogen-bond acceptors (Lipinski definition) is 4. The summed E-state index contributed by atoms with van der Waals surface area (Å²) in [7, 11) is 1.57. The number of likely N-dealkylation sites (N-methyl/N-ethyl adjacent to an activating group) is 1. The van der Waals surface area contributed by atoms with Gasteiger partial charge in [-0.3, -0.25) is 4.79 Å². The second-order valence-electron chi connectivity index (χ2n) is 5.16. The first-order valence-electron chi connectivity index (χ1n) is 7.03. The highest BCUT2D eigenvalue weighted by Gasteiger charge is 2.25. The van der Waals surface area contributed by atoms with Crippen LogP contribution in [-0.4, -0.2) is 24.4 Å². The molecule has 5 nitrogen and oxygen atoms in total. The first kappa shape index (κ1) is 15.5. The van der Waals surface area contributed by atoms with Crippen LogP contribution in [0.25, 0.3) is 0 Å². The van der Waals surface area contributed by atoms with Gasteiger partial charge in [0.1, 0.15) is 0 Å². The molecule has 21 heavy (non-hydrogen) atoms. The second kappa shape index (κ2) is 7.24. The third-order valence-corrected chi connectivity index (χ3v) is 3.35. The highest BCUT2D eigenvalue weighted by atomic mass is 16.7. The molecule has 2 atom stereocenters. The fourth-order valence-corrected chi connectivity index (χ4v) is 2.14. The number of amides is 1. The van der Waals surface area contributed by atoms with Crippen molar-refractivity contribution in [2.75, 3.05) is 7.05 Å². The third-order valence-electron chi connectivity index (χ3n) is 3.35. The van der Waals surface area contributed by atoms with Crippen molar-refractivity contribution in [1.82, 2.24) is 5.32 Å². The first-order valence-corrected chi connectivity index (χ1v) is 7.03. The molecule has 0 fully saturated rings. The molecule has 1 aliphatic rings. The number of carbonyl (C=O) groups is 1. The van der Waals surface area contributed by atoms with Crippen molar-refractivity contribution in [2.24, 2.45) is 5.92 Å². The fraction of sp³-hybridized carbons (Fsp3) is 0.438. The van der Waals surface area contributed by atoms with Gasteiger partial charge in [-0.05, 0) is 23.1 Å². The summed E-state index contributed by atoms with van der Waals surface area (Å²) in [6.07, 6.45) is 2.11. The zero-order valence-corrected chi connectivity index (χ0v) is 12.3. The van der Waals surface area contributed by atoms with E-state index >= 15 is 0 Å². The quantitative estimate of drug-likeness (QED) is 0.866. The first-order chi connectivity index (χ1) is 10.1. The molecule has 114 valence electrons. The summed E-state index contributed by atoms with van der Waals surface area (Å²) in [5.41, 5.74) is 1.87. The number of carbonyl (C=O) groups excluding carboxylic acids is 1. The maximum Gasteiger partial charge on any atom is 0.285 e. The van der Waals surface area contributed by atoms with Gasteiger partial charge >= 0.3 is 0 Å². The Kier molecular flexibility index (Phi) is 5.36. The summed E-state index contributed by atoms with van der Waals surface area (Å²) >= 11 is 0. The van der Waals surface area contributed by atoms with E-state index in [0.29, 0.717) is 12.4 Å². The average molecular weight is 291 g/mol. The molecule has 1 aromatic rings. The van der Waals surface area contributed by atoms with E-state index in [-0.39, 0.29) is 18.4 Å². The molecule has 0 saturated carbocycles. The Balaban J connectivity index is 1.91. The third kappa shape index (κ3) is 4.31. The molecule has 0 aromatic heterocycles. The monoisotopic (exact) mass is 291 g/mol. The minimum Gasteiger partial charge on any atom is -0.459 e. The van der Waals surface area contributed by atoms with Crippen LogP contribution in [0.2, 0.25) is 0 Å². The summed E-state index contributed by atoms with van der Waals surface area (Å²) in [4.78, 5) is 11.6. The Hall–Kier alpha value is -1.85. The molecule has 2 rings (SSSR count). The predicted octanol–water partition coefficient (Wildman–Crippen LogP) is 1.71. The maximum absolute atomic E-state index is 11.6. The minimum atomic E-state index is -0.421. The Morgan fingerprint density at radius 1 is 1.38 bits per heavy atom. The van der Waals surface area contributed by atoms with Gasteiger partial charge in [0, 0.05) is 13.5 Å². The van der Waals surface area contributed by atoms with Crippen molar-refractivity contribution in [3.05, 3.63) is 47.2 Å². The molecule has 0 saturated heterocycles. The van der Waals surface area contributed by atoms with Crippen LogP contribution in [0.5, 0.6) is 0 Å². The van der Waals surface area contributed by atoms with Crippen LogP contribution < -0.4 is 5.32 Å². The van der Waals surface area contributed by atoms with E-state index in [2.05, 4.69) is 5.32 Å². The lowest BCUT2D eigenvalue weighted by atomic mass is 10.0. The number of aliphatic hydroxyl groups excluding tert-OH is 1. The smallest absolute Gasteiger partial charge is 0.285 e. The Bertz CT molecular complexity index is 510. The molecule has 1 aliphatic heterocycles. The van der Waals surface area contributed by atoms with Crippen LogP contribution in [0.1, 0.15) is 24.5 Å². The van der Waals surface area contributed by atoms with E-state index in [1.54, 1.807) is 7.05 Å². The molecule has 2 N–H and O–H groups in total. The van der Waals surface area contributed by atoms with Crippen LogP contribution in [0.3, 0.4) is 0 Å². The van der Waals surface area contributed by atoms with Crippen molar-refractivity contribution in [1.29, 1.82) is 0 Å². The average Bonchev–Trinajstić information content (AvgIpc) is 2.52. The van der Waals surface area contributed by atoms with Crippen molar-refractivity contribution in [3.8, 4) is 0 Å². The second-order valence-corrected chi connectivity index (χ2v) is 5.16. The number of nitrogens with one attached hydrogen (secondary N) is 1. The lowest BCUT2D eigenvalue weighted by Gasteiger charge is -2.27. The molecule has 1 aromatic carbocycles. The number of hydrogen-bond donors (Lipinski definition) is 2. The largest absolute Gasteiger partial charge is 0.459 e. The topological polar surface area (TPSA) is 67.8 Å². The lowest BCUT2D eigenvalue weighted by molar-refractivity contribution is -0.152. The van der Waals surface area contributed by atoms with Crippen molar-refractivity contribution in [2.45, 2.75) is 32.8 Å². The Morgan fingerprint density at radius 3 is 2.67 bits per heavy atom. The molecule has 5 heteroatoms. The van der Waals surface area contributed by atoms with Gasteiger partial charge in [-0.15, -0.1) is 0 Å². The van der Waals surface area contributed by atoms with Gasteiger partial charge < -0.3 is 19.9 Å². The minimum absolute atomic E-state index is 0.0324. The van der Waals surface area contributed by atoms with Crippen LogP contribution >= 0.6 is 0 Å². The summed E-state index contributed by atoms with van der Waals surface area (Å²) < 4.78 is 11.3. The van der Waals surface area contributed by atoms with Gasteiger partial charge in [-0.25, -0.2) is 0 Å². The number of ether oxygens (including phenoxy) is 2. The predicted molar refractivity (Wildman–Crippen MR) is 78.0 cm³/mol. The van der Waals surface area contributed by atoms with Crippen molar-refractivity contribution in [3.63, 3.8) is 0 Å². The van der Waals surface area contributed by atoms with E-state index in [9.17, 15) is 4.79 Å². The van der Waals surface area contributed by atoms with E-state index in [4.69, 9.17) is 14.6 Å². The zero-order chi connectivity index (χ0) is 15.2. The molecule has 1 amide bonds. The normalized spacial score (nSPS) is 21.4. The van der Waals surface area contributed by atoms with Crippen LogP contribution in [0.4, 0.5) is 0 Å². The summed E-state index contributed by atoms with van der Waals surface area (Å²) in [5, 5.41) is 11.6. The Labute approximate surface area is 124 Å². The van der Waals surface area contributed by atoms with Gasteiger partial charge in [0.15, 0.2) is 5.76 Å². The number of benzene rings is 1. The summed E-state index contributed by atoms with van der Waals surface area (Å²) in [6.45, 7) is 2.46. The highest BCUT2D eigenvalue weighted by Crippen LogP contribution is 2.23. The van der Waals surface area contributed by atoms with Gasteiger partial charge in [-0.1, -0.05) is 31.2 Å². The molecular formula is C16H21NO4. The van der Waals surface area contributed by atoms with E-state index in [1.165, 1.54) is 0 Å². The van der Waals surface area contributed by atoms with E-state index in [0.717, 1.165) is 17.5 Å². The fourth-order valence-electron chi connectivity index (χ4n) is 2.14. The SMILES string of the molecule is CNC(=O)C1=C[C@H](C)C[C@H](OCc2ccc(CO)cc2)O1. The number of rotatable bonds is 5. The molecule has 0 spiro atoms. The Morgan fingerprint density at radius 2 is 2.05 bits per heavy atom. The van der Waals surface area contributed by atoms with Crippen molar-refractivity contribution < 1.29 is 19.4 Å². The van der Waals surface area contributed by atoms with Gasteiger partial charge in [-0.2, -0.15) is 0 Å². The van der Waals surface area contributed by atoms with Gasteiger partial charge in [0.2, 0.25) is 6.29 Å². The van der Waals surface area contributed by atoms with Crippen LogP contribution in [0, 0.1) is 5.92 Å². The molecule has 1 heterocycles. The lowest BCUT2D eigenvalue weighted by Crippen LogP contribution is -2.31. The standard InChI is InChI=1S/C16H21NO4/c1-11-7-14(16(19)17-2)21-15(8-11)20-10-13-5-3-12(9-18)4-6-13/h3-7,11,15,18H,8-10H2,1-2H3,(H,17,19)/t11-,15+/m0/s1. The van der Waals surface area contributed by atoms with E-state index < -0.39 is 6.29 Å². The maximum atomic E-state index is 11.6. The number of allylic oxidation sites excluding steroid dienone is 1. The van der Waals surface area contributed by atoms with Gasteiger partial charge in [0.05, 0.1) is 13.2 Å².